The first kappa shape index (κ1) is 16.3. The molecule has 1 saturated carbocycles. The number of methoxy groups -OCH3 is 1. The van der Waals surface area contributed by atoms with Gasteiger partial charge in [0.25, 0.3) is 5.91 Å². The van der Waals surface area contributed by atoms with Gasteiger partial charge in [0.1, 0.15) is 11.4 Å². The molecule has 1 aromatic rings. The van der Waals surface area contributed by atoms with Gasteiger partial charge in [0, 0.05) is 26.1 Å². The molecule has 1 aliphatic carbocycles. The summed E-state index contributed by atoms with van der Waals surface area (Å²) in [5, 5.41) is 13.7. The van der Waals surface area contributed by atoms with Crippen LogP contribution in [0.2, 0.25) is 0 Å². The zero-order valence-corrected chi connectivity index (χ0v) is 13.6. The molecule has 0 spiro atoms. The van der Waals surface area contributed by atoms with Gasteiger partial charge in [-0.2, -0.15) is 0 Å². The van der Waals surface area contributed by atoms with E-state index >= 15 is 0 Å². The number of rotatable bonds is 5. The highest BCUT2D eigenvalue weighted by Crippen LogP contribution is 2.38. The van der Waals surface area contributed by atoms with Gasteiger partial charge < -0.3 is 19.9 Å². The Morgan fingerprint density at radius 1 is 1.30 bits per heavy atom. The van der Waals surface area contributed by atoms with Crippen molar-refractivity contribution in [2.45, 2.75) is 43.7 Å². The molecule has 0 radical (unpaired) electrons. The van der Waals surface area contributed by atoms with Crippen LogP contribution in [0.1, 0.15) is 43.7 Å². The van der Waals surface area contributed by atoms with Crippen molar-refractivity contribution in [1.82, 2.24) is 5.32 Å². The summed E-state index contributed by atoms with van der Waals surface area (Å²) in [6.45, 7) is 0.862. The number of nitrogens with one attached hydrogen (secondary N) is 1. The van der Waals surface area contributed by atoms with Gasteiger partial charge in [-0.25, -0.2) is 0 Å². The minimum atomic E-state index is -1.30. The molecule has 1 saturated heterocycles. The van der Waals surface area contributed by atoms with E-state index in [1.54, 1.807) is 7.11 Å². The minimum absolute atomic E-state index is 0.0472. The highest BCUT2D eigenvalue weighted by atomic mass is 16.5. The molecule has 5 heteroatoms. The molecule has 23 heavy (non-hydrogen) atoms. The van der Waals surface area contributed by atoms with E-state index in [0.717, 1.165) is 24.2 Å². The Bertz CT molecular complexity index is 532. The van der Waals surface area contributed by atoms with Crippen LogP contribution in [0.5, 0.6) is 5.75 Å². The van der Waals surface area contributed by atoms with Gasteiger partial charge in [0.15, 0.2) is 0 Å². The van der Waals surface area contributed by atoms with Crippen molar-refractivity contribution in [2.75, 3.05) is 20.3 Å². The van der Waals surface area contributed by atoms with Crippen molar-refractivity contribution in [3.63, 3.8) is 0 Å². The molecule has 1 unspecified atom stereocenters. The van der Waals surface area contributed by atoms with Gasteiger partial charge in [-0.15, -0.1) is 0 Å². The van der Waals surface area contributed by atoms with Gasteiger partial charge in [-0.3, -0.25) is 4.79 Å². The second-order valence-electron chi connectivity index (χ2n) is 6.56. The number of hydrogen-bond acceptors (Lipinski definition) is 4. The number of carbonyl (C=O) groups excluding carboxylic acids is 1. The molecule has 1 atom stereocenters. The zero-order chi connectivity index (χ0) is 16.3. The van der Waals surface area contributed by atoms with Crippen molar-refractivity contribution >= 4 is 5.91 Å². The summed E-state index contributed by atoms with van der Waals surface area (Å²) >= 11 is 0. The third-order valence-corrected chi connectivity index (χ3v) is 5.13. The normalized spacial score (nSPS) is 22.0. The number of hydrogen-bond donors (Lipinski definition) is 2. The van der Waals surface area contributed by atoms with Crippen molar-refractivity contribution in [3.8, 4) is 5.75 Å². The van der Waals surface area contributed by atoms with E-state index in [1.807, 2.05) is 24.3 Å². The van der Waals surface area contributed by atoms with Crippen molar-refractivity contribution in [3.05, 3.63) is 29.8 Å². The summed E-state index contributed by atoms with van der Waals surface area (Å²) in [4.78, 5) is 12.6. The monoisotopic (exact) mass is 319 g/mol. The smallest absolute Gasteiger partial charge is 0.252 e. The molecule has 2 N–H and O–H groups in total. The summed E-state index contributed by atoms with van der Waals surface area (Å²) in [5.74, 6) is 0.972. The first-order chi connectivity index (χ1) is 11.1. The third-order valence-electron chi connectivity index (χ3n) is 5.13. The predicted octanol–water partition coefficient (Wildman–Crippen LogP) is 2.19. The van der Waals surface area contributed by atoms with E-state index in [1.165, 1.54) is 6.42 Å². The van der Waals surface area contributed by atoms with Crippen LogP contribution < -0.4 is 10.1 Å². The Balaban J connectivity index is 1.74. The molecule has 1 aliphatic heterocycles. The Morgan fingerprint density at radius 3 is 2.48 bits per heavy atom. The molecule has 5 nitrogen and oxygen atoms in total. The molecular weight excluding hydrogens is 294 g/mol. The standard InChI is InChI=1S/C18H25NO4/c1-22-15-7-5-14(6-8-15)16(13-3-2-4-13)19-17(20)18(21)9-11-23-12-10-18/h5-8,13,16,21H,2-4,9-12H2,1H3,(H,19,20). The quantitative estimate of drug-likeness (QED) is 0.873. The van der Waals surface area contributed by atoms with E-state index in [9.17, 15) is 9.90 Å². The third kappa shape index (κ3) is 3.51. The Kier molecular flexibility index (Phi) is 4.87. The fourth-order valence-electron chi connectivity index (χ4n) is 3.27. The first-order valence-corrected chi connectivity index (χ1v) is 8.37. The lowest BCUT2D eigenvalue weighted by molar-refractivity contribution is -0.150. The lowest BCUT2D eigenvalue weighted by Crippen LogP contribution is -2.52. The maximum atomic E-state index is 12.6. The fourth-order valence-corrected chi connectivity index (χ4v) is 3.27. The maximum absolute atomic E-state index is 12.6. The van der Waals surface area contributed by atoms with Crippen LogP contribution >= 0.6 is 0 Å². The van der Waals surface area contributed by atoms with Gasteiger partial charge in [0.2, 0.25) is 0 Å². The van der Waals surface area contributed by atoms with Crippen molar-refractivity contribution in [1.29, 1.82) is 0 Å². The highest BCUT2D eigenvalue weighted by Gasteiger charge is 2.40. The molecule has 1 heterocycles. The average Bonchev–Trinajstić information content (AvgIpc) is 2.53. The summed E-state index contributed by atoms with van der Waals surface area (Å²) in [6, 6.07) is 7.77. The first-order valence-electron chi connectivity index (χ1n) is 8.37. The number of benzene rings is 1. The molecular formula is C18H25NO4. The molecule has 126 valence electrons. The number of amides is 1. The van der Waals surface area contributed by atoms with Crippen LogP contribution in [0, 0.1) is 5.92 Å². The predicted molar refractivity (Wildman–Crippen MR) is 86.2 cm³/mol. The molecule has 3 rings (SSSR count). The second kappa shape index (κ2) is 6.89. The molecule has 0 aromatic heterocycles. The van der Waals surface area contributed by atoms with E-state index < -0.39 is 5.60 Å². The topological polar surface area (TPSA) is 67.8 Å². The van der Waals surface area contributed by atoms with E-state index in [2.05, 4.69) is 5.32 Å². The van der Waals surface area contributed by atoms with Gasteiger partial charge in [0.05, 0.1) is 13.2 Å². The van der Waals surface area contributed by atoms with E-state index in [4.69, 9.17) is 9.47 Å². The second-order valence-corrected chi connectivity index (χ2v) is 6.56. The largest absolute Gasteiger partial charge is 0.497 e. The van der Waals surface area contributed by atoms with Crippen molar-refractivity contribution in [2.24, 2.45) is 5.92 Å². The molecule has 2 fully saturated rings. The zero-order valence-electron chi connectivity index (χ0n) is 13.6. The maximum Gasteiger partial charge on any atom is 0.252 e. The minimum Gasteiger partial charge on any atom is -0.497 e. The Morgan fingerprint density at radius 2 is 1.96 bits per heavy atom. The van der Waals surface area contributed by atoms with Gasteiger partial charge >= 0.3 is 0 Å². The summed E-state index contributed by atoms with van der Waals surface area (Å²) in [6.07, 6.45) is 4.14. The molecule has 0 bridgehead atoms. The summed E-state index contributed by atoms with van der Waals surface area (Å²) in [5.41, 5.74) is -0.230. The van der Waals surface area contributed by atoms with E-state index in [0.29, 0.717) is 32.0 Å². The van der Waals surface area contributed by atoms with Gasteiger partial charge in [-0.05, 0) is 36.5 Å². The number of ether oxygens (including phenoxy) is 2. The highest BCUT2D eigenvalue weighted by molar-refractivity contribution is 5.85. The summed E-state index contributed by atoms with van der Waals surface area (Å²) < 4.78 is 10.5. The van der Waals surface area contributed by atoms with Crippen LogP contribution in [-0.4, -0.2) is 36.9 Å². The summed E-state index contributed by atoms with van der Waals surface area (Å²) in [7, 11) is 1.64. The Labute approximate surface area is 137 Å². The molecule has 2 aliphatic rings. The number of aliphatic hydroxyl groups is 1. The van der Waals surface area contributed by atoms with Crippen LogP contribution in [0.15, 0.2) is 24.3 Å². The SMILES string of the molecule is COc1ccc(C(NC(=O)C2(O)CCOCC2)C2CCC2)cc1. The van der Waals surface area contributed by atoms with Gasteiger partial charge in [-0.1, -0.05) is 18.6 Å². The van der Waals surface area contributed by atoms with Crippen LogP contribution in [0.3, 0.4) is 0 Å². The number of carbonyl (C=O) groups is 1. The molecule has 1 amide bonds. The lowest BCUT2D eigenvalue weighted by Gasteiger charge is -2.38. The van der Waals surface area contributed by atoms with Crippen molar-refractivity contribution < 1.29 is 19.4 Å². The van der Waals surface area contributed by atoms with Crippen LogP contribution in [0.4, 0.5) is 0 Å². The van der Waals surface area contributed by atoms with Crippen LogP contribution in [-0.2, 0) is 9.53 Å². The lowest BCUT2D eigenvalue weighted by atomic mass is 9.76. The van der Waals surface area contributed by atoms with E-state index in [-0.39, 0.29) is 11.9 Å². The average molecular weight is 319 g/mol. The van der Waals surface area contributed by atoms with Crippen LogP contribution in [0.25, 0.3) is 0 Å². The Hall–Kier alpha value is -1.59. The fraction of sp³-hybridized carbons (Fsp3) is 0.611. The molecule has 1 aromatic carbocycles.